The van der Waals surface area contributed by atoms with Crippen LogP contribution in [0.3, 0.4) is 0 Å². The number of benzene rings is 2. The number of hydrogen-bond donors (Lipinski definition) is 1. The summed E-state index contributed by atoms with van der Waals surface area (Å²) in [5.41, 5.74) is 1.15. The fourth-order valence-electron chi connectivity index (χ4n) is 2.18. The van der Waals surface area contributed by atoms with Gasteiger partial charge in [0.15, 0.2) is 0 Å². The Hall–Kier alpha value is -2.53. The highest BCUT2D eigenvalue weighted by atomic mass is 16.5. The van der Waals surface area contributed by atoms with Gasteiger partial charge in [-0.15, -0.1) is 0 Å². The molecule has 2 aromatic rings. The zero-order valence-corrected chi connectivity index (χ0v) is 14.4. The predicted molar refractivity (Wildman–Crippen MR) is 96.1 cm³/mol. The molecule has 24 heavy (non-hydrogen) atoms. The molecule has 0 saturated heterocycles. The lowest BCUT2D eigenvalue weighted by Crippen LogP contribution is -2.21. The van der Waals surface area contributed by atoms with Gasteiger partial charge in [0.2, 0.25) is 0 Å². The first-order valence-electron chi connectivity index (χ1n) is 8.01. The highest BCUT2D eigenvalue weighted by Gasteiger charge is 2.19. The van der Waals surface area contributed by atoms with Gasteiger partial charge in [0.25, 0.3) is 5.91 Å². The summed E-state index contributed by atoms with van der Waals surface area (Å²) in [7, 11) is 3.95. The topological polar surface area (TPSA) is 50.8 Å². The van der Waals surface area contributed by atoms with Gasteiger partial charge >= 0.3 is 0 Å². The zero-order chi connectivity index (χ0) is 17.4. The van der Waals surface area contributed by atoms with Crippen molar-refractivity contribution in [2.24, 2.45) is 0 Å². The van der Waals surface area contributed by atoms with Gasteiger partial charge in [-0.3, -0.25) is 4.79 Å². The molecule has 0 spiro atoms. The average molecular weight is 328 g/mol. The van der Waals surface area contributed by atoms with Crippen LogP contribution in [0.15, 0.2) is 48.5 Å². The van der Waals surface area contributed by atoms with Gasteiger partial charge in [-0.05, 0) is 45.3 Å². The number of nitrogens with zero attached hydrogens (tertiary/aromatic N) is 1. The van der Waals surface area contributed by atoms with E-state index in [-0.39, 0.29) is 5.91 Å². The van der Waals surface area contributed by atoms with Crippen molar-refractivity contribution in [3.8, 4) is 11.5 Å². The van der Waals surface area contributed by atoms with Crippen LogP contribution in [0, 0.1) is 0 Å². The molecular formula is C19H24N2O3. The molecular weight excluding hydrogens is 304 g/mol. The lowest BCUT2D eigenvalue weighted by Gasteiger charge is -2.17. The van der Waals surface area contributed by atoms with Crippen LogP contribution in [0.2, 0.25) is 0 Å². The van der Waals surface area contributed by atoms with Crippen molar-refractivity contribution in [1.29, 1.82) is 0 Å². The third kappa shape index (κ3) is 4.99. The van der Waals surface area contributed by atoms with Gasteiger partial charge < -0.3 is 19.7 Å². The Morgan fingerprint density at radius 2 is 1.67 bits per heavy atom. The predicted octanol–water partition coefficient (Wildman–Crippen LogP) is 3.28. The Balaban J connectivity index is 2.24. The number of nitrogens with one attached hydrogen (secondary N) is 1. The molecule has 0 radical (unpaired) electrons. The number of anilines is 1. The van der Waals surface area contributed by atoms with Crippen molar-refractivity contribution in [3.05, 3.63) is 54.1 Å². The van der Waals surface area contributed by atoms with E-state index in [1.165, 1.54) is 0 Å². The van der Waals surface area contributed by atoms with E-state index in [2.05, 4.69) is 5.32 Å². The molecule has 1 N–H and O–H groups in total. The van der Waals surface area contributed by atoms with E-state index in [0.29, 0.717) is 30.3 Å². The van der Waals surface area contributed by atoms with Crippen LogP contribution in [0.4, 0.5) is 5.69 Å². The van der Waals surface area contributed by atoms with Crippen molar-refractivity contribution in [1.82, 2.24) is 4.90 Å². The minimum absolute atomic E-state index is 0.245. The second-order valence-electron chi connectivity index (χ2n) is 5.53. The average Bonchev–Trinajstić information content (AvgIpc) is 2.56. The summed E-state index contributed by atoms with van der Waals surface area (Å²) >= 11 is 0. The van der Waals surface area contributed by atoms with Gasteiger partial charge in [0.1, 0.15) is 23.7 Å². The van der Waals surface area contributed by atoms with Crippen LogP contribution in [-0.4, -0.2) is 44.7 Å². The summed E-state index contributed by atoms with van der Waals surface area (Å²) in [5, 5.41) is 2.89. The smallest absolute Gasteiger partial charge is 0.263 e. The molecule has 1 amide bonds. The largest absolute Gasteiger partial charge is 0.493 e. The molecule has 128 valence electrons. The molecule has 0 atom stereocenters. The van der Waals surface area contributed by atoms with Crippen molar-refractivity contribution in [2.45, 2.75) is 6.92 Å². The molecule has 0 aliphatic rings. The zero-order valence-electron chi connectivity index (χ0n) is 14.4. The molecule has 2 rings (SSSR count). The maximum Gasteiger partial charge on any atom is 0.263 e. The number of para-hydroxylation sites is 1. The lowest BCUT2D eigenvalue weighted by molar-refractivity contribution is 0.101. The number of ether oxygens (including phenoxy) is 2. The second kappa shape index (κ2) is 8.93. The molecule has 0 heterocycles. The monoisotopic (exact) mass is 328 g/mol. The van der Waals surface area contributed by atoms with Gasteiger partial charge in [0, 0.05) is 12.2 Å². The van der Waals surface area contributed by atoms with E-state index in [9.17, 15) is 4.79 Å². The molecule has 0 bridgehead atoms. The normalized spacial score (nSPS) is 10.5. The number of amides is 1. The number of carbonyl (C=O) groups excluding carboxylic acids is 1. The lowest BCUT2D eigenvalue weighted by atomic mass is 10.1. The number of carbonyl (C=O) groups is 1. The highest BCUT2D eigenvalue weighted by Crippen LogP contribution is 2.29. The maximum absolute atomic E-state index is 12.7. The molecule has 0 aliphatic carbocycles. The molecule has 5 heteroatoms. The van der Waals surface area contributed by atoms with E-state index in [4.69, 9.17) is 9.47 Å². The van der Waals surface area contributed by atoms with Crippen molar-refractivity contribution in [2.75, 3.05) is 39.2 Å². The summed E-state index contributed by atoms with van der Waals surface area (Å²) < 4.78 is 11.4. The van der Waals surface area contributed by atoms with Crippen molar-refractivity contribution >= 4 is 11.6 Å². The summed E-state index contributed by atoms with van der Waals surface area (Å²) in [6, 6.07) is 14.7. The first-order chi connectivity index (χ1) is 11.6. The number of likely N-dealkylation sites (N-methyl/N-ethyl adjacent to an activating group) is 1. The molecule has 2 aromatic carbocycles. The first kappa shape index (κ1) is 17.8. The van der Waals surface area contributed by atoms with Crippen LogP contribution in [0.25, 0.3) is 0 Å². The van der Waals surface area contributed by atoms with Crippen LogP contribution in [-0.2, 0) is 0 Å². The Morgan fingerprint density at radius 1 is 1.00 bits per heavy atom. The van der Waals surface area contributed by atoms with Gasteiger partial charge in [-0.25, -0.2) is 0 Å². The summed E-state index contributed by atoms with van der Waals surface area (Å²) in [6.07, 6.45) is 0. The van der Waals surface area contributed by atoms with Crippen molar-refractivity contribution in [3.63, 3.8) is 0 Å². The quantitative estimate of drug-likeness (QED) is 0.808. The van der Waals surface area contributed by atoms with E-state index in [1.807, 2.05) is 62.3 Å². The Labute approximate surface area is 143 Å². The molecule has 0 unspecified atom stereocenters. The van der Waals surface area contributed by atoms with E-state index >= 15 is 0 Å². The van der Waals surface area contributed by atoms with Gasteiger partial charge in [-0.2, -0.15) is 0 Å². The van der Waals surface area contributed by atoms with Crippen LogP contribution >= 0.6 is 0 Å². The Bertz CT molecular complexity index is 657. The number of hydrogen-bond acceptors (Lipinski definition) is 4. The maximum atomic E-state index is 12.7. The molecule has 0 aliphatic heterocycles. The van der Waals surface area contributed by atoms with E-state index in [0.717, 1.165) is 12.2 Å². The minimum Gasteiger partial charge on any atom is -0.493 e. The van der Waals surface area contributed by atoms with Gasteiger partial charge in [-0.1, -0.05) is 24.3 Å². The molecule has 0 fully saturated rings. The summed E-state index contributed by atoms with van der Waals surface area (Å²) in [5.74, 6) is 0.801. The Kier molecular flexibility index (Phi) is 6.63. The molecule has 0 saturated carbocycles. The van der Waals surface area contributed by atoms with Crippen LogP contribution in [0.5, 0.6) is 11.5 Å². The Morgan fingerprint density at radius 3 is 2.29 bits per heavy atom. The minimum atomic E-state index is -0.245. The third-order valence-electron chi connectivity index (χ3n) is 3.34. The fraction of sp³-hybridized carbons (Fsp3) is 0.316. The van der Waals surface area contributed by atoms with Gasteiger partial charge in [0.05, 0.1) is 6.61 Å². The summed E-state index contributed by atoms with van der Waals surface area (Å²) in [4.78, 5) is 14.8. The number of rotatable bonds is 8. The summed E-state index contributed by atoms with van der Waals surface area (Å²) in [6.45, 7) is 3.62. The SMILES string of the molecule is CCOc1cccc(OCCN(C)C)c1C(=O)Nc1ccccc1. The fourth-order valence-corrected chi connectivity index (χ4v) is 2.18. The molecule has 0 aromatic heterocycles. The second-order valence-corrected chi connectivity index (χ2v) is 5.53. The molecule has 5 nitrogen and oxygen atoms in total. The van der Waals surface area contributed by atoms with E-state index < -0.39 is 0 Å². The van der Waals surface area contributed by atoms with Crippen LogP contribution in [0.1, 0.15) is 17.3 Å². The van der Waals surface area contributed by atoms with Crippen LogP contribution < -0.4 is 14.8 Å². The third-order valence-corrected chi connectivity index (χ3v) is 3.34. The first-order valence-corrected chi connectivity index (χ1v) is 8.01. The highest BCUT2D eigenvalue weighted by molar-refractivity contribution is 6.08. The van der Waals surface area contributed by atoms with Crippen molar-refractivity contribution < 1.29 is 14.3 Å². The standard InChI is InChI=1S/C19H24N2O3/c1-4-23-16-11-8-12-17(24-14-13-21(2)3)18(16)19(22)20-15-9-6-5-7-10-15/h5-12H,4,13-14H2,1-3H3,(H,20,22). The van der Waals surface area contributed by atoms with E-state index in [1.54, 1.807) is 12.1 Å².